The van der Waals surface area contributed by atoms with Crippen LogP contribution in [0.2, 0.25) is 0 Å². The average Bonchev–Trinajstić information content (AvgIpc) is 2.78. The predicted molar refractivity (Wildman–Crippen MR) is 115 cm³/mol. The van der Waals surface area contributed by atoms with Gasteiger partial charge in [-0.3, -0.25) is 9.10 Å². The van der Waals surface area contributed by atoms with Gasteiger partial charge in [0.1, 0.15) is 0 Å². The van der Waals surface area contributed by atoms with Crippen LogP contribution in [0.5, 0.6) is 0 Å². The monoisotopic (exact) mass is 415 g/mol. The van der Waals surface area contributed by atoms with Crippen molar-refractivity contribution in [3.05, 3.63) is 59.7 Å². The molecule has 0 aromatic heterocycles. The van der Waals surface area contributed by atoms with Gasteiger partial charge in [-0.1, -0.05) is 68.5 Å². The Labute approximate surface area is 173 Å². The topological polar surface area (TPSA) is 74.7 Å². The van der Waals surface area contributed by atoms with Gasteiger partial charge in [0.2, 0.25) is 0 Å². The van der Waals surface area contributed by atoms with Crippen molar-refractivity contribution < 1.29 is 18.3 Å². The molecule has 0 radical (unpaired) electrons. The molecule has 0 fully saturated rings. The first-order chi connectivity index (χ1) is 13.9. The van der Waals surface area contributed by atoms with Gasteiger partial charge < -0.3 is 5.11 Å². The number of carboxylic acid groups (broad SMARTS) is 1. The number of hydrogen-bond donors (Lipinski definition) is 1. The van der Waals surface area contributed by atoms with E-state index >= 15 is 0 Å². The Kier molecular flexibility index (Phi) is 6.96. The van der Waals surface area contributed by atoms with E-state index in [1.54, 1.807) is 19.2 Å². The van der Waals surface area contributed by atoms with Crippen LogP contribution in [0.25, 0.3) is 0 Å². The molecule has 0 amide bonds. The quantitative estimate of drug-likeness (QED) is 0.574. The Morgan fingerprint density at radius 1 is 0.897 bits per heavy atom. The number of carbonyl (C=O) groups is 1. The van der Waals surface area contributed by atoms with Crippen molar-refractivity contribution in [3.63, 3.8) is 0 Å². The smallest absolute Gasteiger partial charge is 0.303 e. The number of aliphatic carboxylic acids is 1. The normalized spacial score (nSPS) is 17.3. The third-order valence-electron chi connectivity index (χ3n) is 5.72. The van der Waals surface area contributed by atoms with Crippen molar-refractivity contribution in [3.8, 4) is 0 Å². The lowest BCUT2D eigenvalue weighted by Gasteiger charge is -2.21. The number of nitrogens with zero attached hydrogens (tertiary/aromatic N) is 1. The van der Waals surface area contributed by atoms with Crippen molar-refractivity contribution in [1.29, 1.82) is 0 Å². The summed E-state index contributed by atoms with van der Waals surface area (Å²) in [5.74, 6) is -0.676. The third-order valence-corrected chi connectivity index (χ3v) is 7.56. The molecule has 29 heavy (non-hydrogen) atoms. The van der Waals surface area contributed by atoms with Gasteiger partial charge in [-0.25, -0.2) is 8.42 Å². The second kappa shape index (κ2) is 9.44. The zero-order chi connectivity index (χ0) is 20.9. The first-order valence-corrected chi connectivity index (χ1v) is 11.8. The maximum absolute atomic E-state index is 13.1. The Bertz CT molecular complexity index is 955. The summed E-state index contributed by atoms with van der Waals surface area (Å²) in [6.45, 7) is 0. The molecule has 6 heteroatoms. The highest BCUT2D eigenvalue weighted by atomic mass is 32.2. The van der Waals surface area contributed by atoms with Gasteiger partial charge in [-0.15, -0.1) is 0 Å². The number of unbranched alkanes of at least 4 members (excludes halogenated alkanes) is 5. The lowest BCUT2D eigenvalue weighted by atomic mass is 9.85. The molecule has 1 unspecified atom stereocenters. The summed E-state index contributed by atoms with van der Waals surface area (Å²) in [6, 6.07) is 15.1. The lowest BCUT2D eigenvalue weighted by Crippen LogP contribution is -2.26. The van der Waals surface area contributed by atoms with Crippen LogP contribution in [0, 0.1) is 0 Å². The number of para-hydroxylation sites is 1. The maximum atomic E-state index is 13.1. The maximum Gasteiger partial charge on any atom is 0.303 e. The summed E-state index contributed by atoms with van der Waals surface area (Å²) in [5.41, 5.74) is 2.69. The van der Waals surface area contributed by atoms with Crippen LogP contribution in [0.4, 0.5) is 5.69 Å². The van der Waals surface area contributed by atoms with Crippen LogP contribution in [0.15, 0.2) is 53.4 Å². The summed E-state index contributed by atoms with van der Waals surface area (Å²) < 4.78 is 27.7. The molecule has 2 aromatic rings. The summed E-state index contributed by atoms with van der Waals surface area (Å²) in [5, 5.41) is 8.69. The van der Waals surface area contributed by atoms with Gasteiger partial charge in [0.25, 0.3) is 10.0 Å². The molecule has 156 valence electrons. The minimum atomic E-state index is -3.57. The molecule has 0 bridgehead atoms. The molecular formula is C23H29NO4S. The summed E-state index contributed by atoms with van der Waals surface area (Å²) >= 11 is 0. The number of rotatable bonds is 9. The molecule has 2 aromatic carbocycles. The Morgan fingerprint density at radius 3 is 2.21 bits per heavy atom. The summed E-state index contributed by atoms with van der Waals surface area (Å²) in [7, 11) is -1.94. The average molecular weight is 416 g/mol. The number of carboxylic acids is 1. The molecular weight excluding hydrogens is 386 g/mol. The van der Waals surface area contributed by atoms with Crippen LogP contribution in [0.3, 0.4) is 0 Å². The van der Waals surface area contributed by atoms with E-state index in [0.717, 1.165) is 61.8 Å². The first kappa shape index (κ1) is 21.4. The number of hydrogen-bond acceptors (Lipinski definition) is 3. The number of fused-ring (bicyclic) bond motifs is 2. The summed E-state index contributed by atoms with van der Waals surface area (Å²) in [6.07, 6.45) is 7.03. The van der Waals surface area contributed by atoms with Crippen LogP contribution >= 0.6 is 0 Å². The third kappa shape index (κ3) is 4.81. The molecule has 1 atom stereocenters. The first-order valence-electron chi connectivity index (χ1n) is 10.3. The minimum Gasteiger partial charge on any atom is -0.481 e. The van der Waals surface area contributed by atoms with E-state index < -0.39 is 16.0 Å². The van der Waals surface area contributed by atoms with Crippen molar-refractivity contribution in [1.82, 2.24) is 0 Å². The molecule has 0 spiro atoms. The molecule has 1 aliphatic rings. The molecule has 1 heterocycles. The minimum absolute atomic E-state index is 0.0501. The molecule has 1 aliphatic heterocycles. The van der Waals surface area contributed by atoms with Gasteiger partial charge in [0.05, 0.1) is 10.6 Å². The lowest BCUT2D eigenvalue weighted by molar-refractivity contribution is -0.137. The van der Waals surface area contributed by atoms with Gasteiger partial charge in [0, 0.05) is 19.4 Å². The molecule has 0 saturated carbocycles. The Hall–Kier alpha value is -2.34. The van der Waals surface area contributed by atoms with E-state index in [-0.39, 0.29) is 12.3 Å². The van der Waals surface area contributed by atoms with Crippen molar-refractivity contribution in [2.24, 2.45) is 0 Å². The molecule has 3 rings (SSSR count). The van der Waals surface area contributed by atoms with Crippen LogP contribution in [-0.4, -0.2) is 26.5 Å². The zero-order valence-corrected chi connectivity index (χ0v) is 17.7. The SMILES string of the molecule is CN1c2ccccc2C(CCCCCCCCC(=O)O)c2ccccc2S1(=O)=O. The van der Waals surface area contributed by atoms with Crippen LogP contribution in [-0.2, 0) is 14.8 Å². The van der Waals surface area contributed by atoms with E-state index in [1.165, 1.54) is 4.31 Å². The van der Waals surface area contributed by atoms with Crippen molar-refractivity contribution in [2.45, 2.75) is 62.2 Å². The predicted octanol–water partition coefficient (Wildman–Crippen LogP) is 5.16. The van der Waals surface area contributed by atoms with E-state index in [2.05, 4.69) is 0 Å². The van der Waals surface area contributed by atoms with Gasteiger partial charge in [-0.2, -0.15) is 0 Å². The number of sulfonamides is 1. The standard InChI is InChI=1S/C23H29NO4S/c1-24-21-15-10-8-13-19(21)18(12-6-4-2-3-5-7-17-23(25)26)20-14-9-11-16-22(20)29(24,27)28/h8-11,13-16,18H,2-7,12,17H2,1H3,(H,25,26). The Morgan fingerprint density at radius 2 is 1.48 bits per heavy atom. The largest absolute Gasteiger partial charge is 0.481 e. The van der Waals surface area contributed by atoms with E-state index in [1.807, 2.05) is 36.4 Å². The fourth-order valence-electron chi connectivity index (χ4n) is 4.16. The fourth-order valence-corrected chi connectivity index (χ4v) is 5.64. The number of benzene rings is 2. The molecule has 1 N–H and O–H groups in total. The van der Waals surface area contributed by atoms with Crippen LogP contribution in [0.1, 0.15) is 68.4 Å². The highest BCUT2D eigenvalue weighted by Gasteiger charge is 2.34. The Balaban J connectivity index is 1.73. The zero-order valence-electron chi connectivity index (χ0n) is 16.9. The second-order valence-corrected chi connectivity index (χ2v) is 9.61. The van der Waals surface area contributed by atoms with Crippen molar-refractivity contribution in [2.75, 3.05) is 11.4 Å². The van der Waals surface area contributed by atoms with Crippen LogP contribution < -0.4 is 4.31 Å². The molecule has 0 aliphatic carbocycles. The van der Waals surface area contributed by atoms with Gasteiger partial charge in [0.15, 0.2) is 0 Å². The second-order valence-electron chi connectivity index (χ2n) is 7.68. The molecule has 5 nitrogen and oxygen atoms in total. The van der Waals surface area contributed by atoms with E-state index in [0.29, 0.717) is 4.90 Å². The van der Waals surface area contributed by atoms with E-state index in [4.69, 9.17) is 5.11 Å². The van der Waals surface area contributed by atoms with Crippen molar-refractivity contribution >= 4 is 21.7 Å². The van der Waals surface area contributed by atoms with E-state index in [9.17, 15) is 13.2 Å². The van der Waals surface area contributed by atoms with Gasteiger partial charge >= 0.3 is 5.97 Å². The van der Waals surface area contributed by atoms with Gasteiger partial charge in [-0.05, 0) is 36.1 Å². The highest BCUT2D eigenvalue weighted by Crippen LogP contribution is 2.43. The highest BCUT2D eigenvalue weighted by molar-refractivity contribution is 7.92. The summed E-state index contributed by atoms with van der Waals surface area (Å²) in [4.78, 5) is 11.0. The molecule has 0 saturated heterocycles. The number of anilines is 1. The fraction of sp³-hybridized carbons (Fsp3) is 0.435.